The molecule has 0 saturated heterocycles. The van der Waals surface area contributed by atoms with Crippen LogP contribution in [0.25, 0.3) is 0 Å². The van der Waals surface area contributed by atoms with Gasteiger partial charge < -0.3 is 24.8 Å². The molecular weight excluding hydrogens is 346 g/mol. The van der Waals surface area contributed by atoms with Crippen molar-refractivity contribution in [1.82, 2.24) is 4.98 Å². The van der Waals surface area contributed by atoms with Crippen LogP contribution in [0.1, 0.15) is 32.3 Å². The van der Waals surface area contributed by atoms with Crippen LogP contribution in [0.15, 0.2) is 36.4 Å². The van der Waals surface area contributed by atoms with Gasteiger partial charge in [0.1, 0.15) is 11.8 Å². The van der Waals surface area contributed by atoms with Crippen molar-refractivity contribution in [1.29, 1.82) is 0 Å². The Bertz CT molecular complexity index is 765. The first-order valence-electron chi connectivity index (χ1n) is 8.82. The fraction of sp³-hybridized carbons (Fsp3) is 0.400. The number of amides is 2. The van der Waals surface area contributed by atoms with Crippen LogP contribution in [-0.2, 0) is 4.74 Å². The van der Waals surface area contributed by atoms with Gasteiger partial charge in [0, 0.05) is 18.9 Å². The number of ether oxygens (including phenoxy) is 3. The Balaban J connectivity index is 2.17. The number of urea groups is 1. The van der Waals surface area contributed by atoms with E-state index in [9.17, 15) is 4.79 Å². The number of hydrogen-bond donors (Lipinski definition) is 2. The molecule has 1 heterocycles. The summed E-state index contributed by atoms with van der Waals surface area (Å²) in [5.41, 5.74) is 2.27. The molecule has 0 saturated carbocycles. The Morgan fingerprint density at radius 2 is 1.74 bits per heavy atom. The average molecular weight is 373 g/mol. The summed E-state index contributed by atoms with van der Waals surface area (Å²) in [5, 5.41) is 5.68. The highest BCUT2D eigenvalue weighted by Gasteiger charge is 2.15. The van der Waals surface area contributed by atoms with Crippen molar-refractivity contribution in [3.63, 3.8) is 0 Å². The second-order valence-corrected chi connectivity index (χ2v) is 6.41. The average Bonchev–Trinajstić information content (AvgIpc) is 2.63. The SMILES string of the molecule is COC[C@H](C)Oc1nc(OC)ccc1NC(=O)Nc1ccccc1C(C)C. The third kappa shape index (κ3) is 5.86. The Kier molecular flexibility index (Phi) is 7.43. The third-order valence-electron chi connectivity index (χ3n) is 3.84. The molecule has 2 aromatic rings. The van der Waals surface area contributed by atoms with Gasteiger partial charge in [-0.2, -0.15) is 4.98 Å². The smallest absolute Gasteiger partial charge is 0.323 e. The minimum absolute atomic E-state index is 0.236. The van der Waals surface area contributed by atoms with Crippen LogP contribution in [-0.4, -0.2) is 37.9 Å². The molecule has 2 amide bonds. The van der Waals surface area contributed by atoms with Gasteiger partial charge in [-0.3, -0.25) is 0 Å². The van der Waals surface area contributed by atoms with Gasteiger partial charge >= 0.3 is 6.03 Å². The van der Waals surface area contributed by atoms with Crippen molar-refractivity contribution in [2.45, 2.75) is 32.8 Å². The summed E-state index contributed by atoms with van der Waals surface area (Å²) in [5.74, 6) is 0.954. The molecule has 146 valence electrons. The van der Waals surface area contributed by atoms with Crippen molar-refractivity contribution in [2.24, 2.45) is 0 Å². The summed E-state index contributed by atoms with van der Waals surface area (Å²) in [6, 6.07) is 10.7. The monoisotopic (exact) mass is 373 g/mol. The molecule has 0 radical (unpaired) electrons. The highest BCUT2D eigenvalue weighted by atomic mass is 16.5. The van der Waals surface area contributed by atoms with Gasteiger partial charge in [0.05, 0.1) is 13.7 Å². The quantitative estimate of drug-likeness (QED) is 0.722. The Labute approximate surface area is 160 Å². The molecule has 27 heavy (non-hydrogen) atoms. The summed E-state index contributed by atoms with van der Waals surface area (Å²) in [4.78, 5) is 16.8. The van der Waals surface area contributed by atoms with E-state index in [0.717, 1.165) is 11.3 Å². The zero-order chi connectivity index (χ0) is 19.8. The normalized spacial score (nSPS) is 11.8. The van der Waals surface area contributed by atoms with Crippen LogP contribution in [0.2, 0.25) is 0 Å². The minimum Gasteiger partial charge on any atom is -0.481 e. The molecule has 1 aromatic heterocycles. The van der Waals surface area contributed by atoms with Crippen molar-refractivity contribution in [3.05, 3.63) is 42.0 Å². The minimum atomic E-state index is -0.376. The van der Waals surface area contributed by atoms with Crippen LogP contribution in [0.5, 0.6) is 11.8 Å². The van der Waals surface area contributed by atoms with Gasteiger partial charge in [-0.25, -0.2) is 4.79 Å². The van der Waals surface area contributed by atoms with E-state index in [2.05, 4.69) is 29.5 Å². The molecule has 7 nitrogen and oxygen atoms in total. The maximum atomic E-state index is 12.5. The number of carbonyl (C=O) groups is 1. The summed E-state index contributed by atoms with van der Waals surface area (Å²) in [6.07, 6.45) is -0.236. The van der Waals surface area contributed by atoms with E-state index in [1.807, 2.05) is 31.2 Å². The summed E-state index contributed by atoms with van der Waals surface area (Å²) in [6.45, 7) is 6.41. The van der Waals surface area contributed by atoms with Crippen molar-refractivity contribution < 1.29 is 19.0 Å². The second-order valence-electron chi connectivity index (χ2n) is 6.41. The maximum Gasteiger partial charge on any atom is 0.323 e. The van der Waals surface area contributed by atoms with Gasteiger partial charge in [0.2, 0.25) is 11.8 Å². The Hall–Kier alpha value is -2.80. The number of nitrogens with one attached hydrogen (secondary N) is 2. The lowest BCUT2D eigenvalue weighted by Crippen LogP contribution is -2.23. The van der Waals surface area contributed by atoms with E-state index in [0.29, 0.717) is 18.2 Å². The summed E-state index contributed by atoms with van der Waals surface area (Å²) in [7, 11) is 3.12. The molecule has 2 N–H and O–H groups in total. The van der Waals surface area contributed by atoms with E-state index in [1.165, 1.54) is 7.11 Å². The third-order valence-corrected chi connectivity index (χ3v) is 3.84. The summed E-state index contributed by atoms with van der Waals surface area (Å²) < 4.78 is 16.0. The van der Waals surface area contributed by atoms with Crippen LogP contribution in [0.3, 0.4) is 0 Å². The zero-order valence-corrected chi connectivity index (χ0v) is 16.4. The predicted octanol–water partition coefficient (Wildman–Crippen LogP) is 4.27. The number of benzene rings is 1. The zero-order valence-electron chi connectivity index (χ0n) is 16.4. The molecule has 0 bridgehead atoms. The largest absolute Gasteiger partial charge is 0.481 e. The number of nitrogens with zero attached hydrogens (tertiary/aromatic N) is 1. The number of para-hydroxylation sites is 1. The molecule has 0 unspecified atom stereocenters. The van der Waals surface area contributed by atoms with Crippen LogP contribution < -0.4 is 20.1 Å². The number of pyridine rings is 1. The van der Waals surface area contributed by atoms with Crippen LogP contribution >= 0.6 is 0 Å². The first-order chi connectivity index (χ1) is 12.9. The molecule has 0 spiro atoms. The molecule has 2 rings (SSSR count). The van der Waals surface area contributed by atoms with Crippen molar-refractivity contribution in [2.75, 3.05) is 31.5 Å². The molecule has 1 aromatic carbocycles. The molecule has 0 aliphatic rings. The van der Waals surface area contributed by atoms with Crippen molar-refractivity contribution >= 4 is 17.4 Å². The van der Waals surface area contributed by atoms with Crippen molar-refractivity contribution in [3.8, 4) is 11.8 Å². The van der Waals surface area contributed by atoms with Gasteiger partial charge in [-0.05, 0) is 30.5 Å². The topological polar surface area (TPSA) is 81.7 Å². The van der Waals surface area contributed by atoms with E-state index >= 15 is 0 Å². The highest BCUT2D eigenvalue weighted by molar-refractivity contribution is 6.01. The summed E-state index contributed by atoms with van der Waals surface area (Å²) >= 11 is 0. The number of aromatic nitrogens is 1. The first-order valence-corrected chi connectivity index (χ1v) is 8.82. The standard InChI is InChI=1S/C20H27N3O4/c1-13(2)15-8-6-7-9-16(15)21-20(24)22-17-10-11-18(26-5)23-19(17)27-14(3)12-25-4/h6-11,13-14H,12H2,1-5H3,(H2,21,22,24)/t14-/m0/s1. The van der Waals surface area contributed by atoms with Gasteiger partial charge in [0.15, 0.2) is 0 Å². The first kappa shape index (κ1) is 20.5. The lowest BCUT2D eigenvalue weighted by Gasteiger charge is -2.18. The molecule has 0 fully saturated rings. The van der Waals surface area contributed by atoms with Crippen LogP contribution in [0.4, 0.5) is 16.2 Å². The fourth-order valence-corrected chi connectivity index (χ4v) is 2.57. The van der Waals surface area contributed by atoms with E-state index in [-0.39, 0.29) is 23.9 Å². The van der Waals surface area contributed by atoms with Crippen LogP contribution in [0, 0.1) is 0 Å². The Morgan fingerprint density at radius 1 is 1.04 bits per heavy atom. The van der Waals surface area contributed by atoms with Gasteiger partial charge in [-0.1, -0.05) is 32.0 Å². The fourth-order valence-electron chi connectivity index (χ4n) is 2.57. The molecule has 0 aliphatic carbocycles. The lowest BCUT2D eigenvalue weighted by atomic mass is 10.0. The predicted molar refractivity (Wildman–Crippen MR) is 106 cm³/mol. The van der Waals surface area contributed by atoms with Gasteiger partial charge in [-0.15, -0.1) is 0 Å². The van der Waals surface area contributed by atoms with E-state index < -0.39 is 0 Å². The number of carbonyl (C=O) groups excluding carboxylic acids is 1. The molecule has 7 heteroatoms. The number of methoxy groups -OCH3 is 2. The highest BCUT2D eigenvalue weighted by Crippen LogP contribution is 2.27. The number of rotatable bonds is 8. The number of hydrogen-bond acceptors (Lipinski definition) is 5. The lowest BCUT2D eigenvalue weighted by molar-refractivity contribution is 0.0890. The van der Waals surface area contributed by atoms with E-state index in [1.54, 1.807) is 19.2 Å². The molecule has 0 aliphatic heterocycles. The van der Waals surface area contributed by atoms with E-state index in [4.69, 9.17) is 14.2 Å². The molecular formula is C20H27N3O4. The second kappa shape index (κ2) is 9.78. The number of anilines is 2. The molecule has 1 atom stereocenters. The maximum absolute atomic E-state index is 12.5. The Morgan fingerprint density at radius 3 is 2.41 bits per heavy atom. The van der Waals surface area contributed by atoms with Gasteiger partial charge in [0.25, 0.3) is 0 Å².